The summed E-state index contributed by atoms with van der Waals surface area (Å²) in [5, 5.41) is 78.4. The summed E-state index contributed by atoms with van der Waals surface area (Å²) in [6.07, 6.45) is 9.18. The summed E-state index contributed by atoms with van der Waals surface area (Å²) in [7, 11) is 0. The fourth-order valence-electron chi connectivity index (χ4n) is 14.4. The third-order valence-electron chi connectivity index (χ3n) is 20.9. The van der Waals surface area contributed by atoms with Crippen molar-refractivity contribution < 1.29 is 102 Å². The molecule has 1 aromatic carbocycles. The maximum absolute atomic E-state index is 15.5. The number of primary amides is 1. The van der Waals surface area contributed by atoms with Crippen molar-refractivity contribution in [2.45, 2.75) is 304 Å². The Labute approximate surface area is 702 Å². The maximum Gasteiger partial charge on any atom is 0.305 e. The van der Waals surface area contributed by atoms with Crippen molar-refractivity contribution in [3.8, 4) is 0 Å². The number of unbranched alkanes of at least 4 members (excludes halogenated alkanes) is 14. The molecule has 2 fully saturated rings. The van der Waals surface area contributed by atoms with Crippen LogP contribution in [-0.4, -0.2) is 253 Å². The molecule has 0 aliphatic carbocycles. The number of aliphatic hydroxyl groups is 1. The molecule has 0 radical (unpaired) electrons. The highest BCUT2D eigenvalue weighted by atomic mass is 32.2. The molecule has 21 N–H and O–H groups in total. The number of aliphatic carboxylic acids is 3. The SMILES string of the molecule is CCCCCCCCCCCCCCCCCC(=O)N[C@H]1C[C@H]2C(=O)N[C@@H](CCC(N)=O)C(=O)NC3CSCc4ccccc4CSC[C@H](NC(=O)[C@H](CCC(=O)O)NC(=O)CNC(=O)[C@H]([C@@H](C)O)NC(=O)[C@H](CCC(=O)O)NC(=O)[C@H](CCCNC(=N)N)NC(=O)[C@H](CC(=O)O)NC3=O)C(=O)N[C@@H](CC(C)C)C(=O)N3CCC[C@@H]3C(=O)N2C1. The lowest BCUT2D eigenvalue weighted by atomic mass is 10.0. The van der Waals surface area contributed by atoms with Crippen LogP contribution in [-0.2, 0) is 93.0 Å². The minimum atomic E-state index is -2.13. The number of hydrogen-bond donors (Lipinski definition) is 19. The van der Waals surface area contributed by atoms with Gasteiger partial charge in [-0.15, -0.1) is 0 Å². The molecule has 5 rings (SSSR count). The number of nitrogens with one attached hydrogen (secondary N) is 13. The number of hydrogen-bond acceptors (Lipinski definition) is 21. The van der Waals surface area contributed by atoms with Gasteiger partial charge in [-0.1, -0.05) is 135 Å². The minimum Gasteiger partial charge on any atom is -0.481 e. The van der Waals surface area contributed by atoms with E-state index < -0.39 is 243 Å². The Kier molecular flexibility index (Phi) is 44.3. The standard InChI is InChI=1S/C79H125N17O21S2/c1-5-6-7-8-9-10-11-12-13-14-15-16-17-18-19-28-62(99)85-50-38-60-75(114)89-53(29-32-61(80)98)70(109)93-57-44-118-42-48-24-20-21-25-49(48)43-119-45-58(74(113)91-56(37-46(2)3)77(116)95-36-23-27-59(95)78(117)96(60)41-50)92-69(108)52(30-33-64(101)102)86-63(100)40-84-76(115)67(47(4)97)94-71(110)54(31-34-65(103)104)88-68(107)51(26-22-35-83-79(81)82)87-72(111)55(39-66(105)106)90-73(57)112/h20-21,24-25,46-47,50-60,67,97H,5-19,22-23,26-45H2,1-4H3,(H2,80,98)(H,84,115)(H,85,99)(H,86,100)(H,87,111)(H,88,107)(H,89,114)(H,90,112)(H,91,113)(H,92,108)(H,93,109)(H,94,110)(H,101,102)(H,103,104)(H,105,106)(H4,81,82,83)/t47-,50+,51+,52+,53+,54+,55+,56+,57?,58+,59-,60+,67+/m1/s1. The summed E-state index contributed by atoms with van der Waals surface area (Å²) in [4.78, 5) is 243. The Morgan fingerprint density at radius 2 is 0.992 bits per heavy atom. The van der Waals surface area contributed by atoms with Gasteiger partial charge in [-0.3, -0.25) is 86.9 Å². The number of fused-ring (bicyclic) bond motifs is 8. The van der Waals surface area contributed by atoms with Crippen molar-refractivity contribution in [3.63, 3.8) is 0 Å². The van der Waals surface area contributed by atoms with Crippen LogP contribution < -0.4 is 75.3 Å². The van der Waals surface area contributed by atoms with Gasteiger partial charge < -0.3 is 105 Å². The second-order valence-electron chi connectivity index (χ2n) is 31.3. The third kappa shape index (κ3) is 36.3. The maximum atomic E-state index is 15.5. The topological polar surface area (TPSA) is 598 Å². The molecule has 2 saturated heterocycles. The molecular weight excluding hydrogens is 1590 g/mol. The van der Waals surface area contributed by atoms with Gasteiger partial charge in [0.1, 0.15) is 66.5 Å². The second-order valence-corrected chi connectivity index (χ2v) is 33.3. The lowest BCUT2D eigenvalue weighted by Gasteiger charge is -2.34. The number of benzene rings is 1. The number of nitrogens with two attached hydrogens (primary N) is 2. The van der Waals surface area contributed by atoms with Crippen LogP contribution >= 0.6 is 23.5 Å². The molecule has 119 heavy (non-hydrogen) atoms. The molecule has 1 aromatic rings. The number of carboxylic acid groups (broad SMARTS) is 3. The van der Waals surface area contributed by atoms with E-state index in [1.807, 2.05) is 0 Å². The van der Waals surface area contributed by atoms with E-state index in [1.54, 1.807) is 38.1 Å². The lowest BCUT2D eigenvalue weighted by Crippen LogP contribution is -2.61. The van der Waals surface area contributed by atoms with Gasteiger partial charge in [0, 0.05) is 74.4 Å². The van der Waals surface area contributed by atoms with E-state index >= 15 is 28.8 Å². The van der Waals surface area contributed by atoms with Crippen molar-refractivity contribution in [3.05, 3.63) is 35.4 Å². The monoisotopic (exact) mass is 1710 g/mol. The van der Waals surface area contributed by atoms with Crippen LogP contribution in [0, 0.1) is 11.3 Å². The van der Waals surface area contributed by atoms with Gasteiger partial charge in [0.05, 0.1) is 19.1 Å². The number of nitrogens with zero attached hydrogens (tertiary/aromatic N) is 2. The zero-order valence-electron chi connectivity index (χ0n) is 68.6. The number of carboxylic acids is 3. The summed E-state index contributed by atoms with van der Waals surface area (Å²) in [6, 6.07) is -13.1. The molecule has 0 saturated carbocycles. The molecule has 1 unspecified atom stereocenters. The van der Waals surface area contributed by atoms with E-state index in [9.17, 15) is 73.2 Å². The molecule has 4 aliphatic heterocycles. The predicted octanol–water partition coefficient (Wildman–Crippen LogP) is 0.158. The van der Waals surface area contributed by atoms with E-state index in [0.29, 0.717) is 17.5 Å². The van der Waals surface area contributed by atoms with Crippen LogP contribution in [0.25, 0.3) is 0 Å². The Hall–Kier alpha value is -9.86. The van der Waals surface area contributed by atoms with E-state index in [1.165, 1.54) is 67.6 Å². The minimum absolute atomic E-state index is 0.0168. The fourth-order valence-corrected chi connectivity index (χ4v) is 16.6. The summed E-state index contributed by atoms with van der Waals surface area (Å²) >= 11 is 2.12. The highest BCUT2D eigenvalue weighted by Gasteiger charge is 2.48. The second kappa shape index (κ2) is 52.9. The van der Waals surface area contributed by atoms with Gasteiger partial charge in [0.2, 0.25) is 82.7 Å². The molecule has 14 amide bonds. The first-order valence-corrected chi connectivity index (χ1v) is 43.8. The quantitative estimate of drug-likeness (QED) is 0.0244. The largest absolute Gasteiger partial charge is 0.481 e. The van der Waals surface area contributed by atoms with Crippen molar-refractivity contribution in [1.29, 1.82) is 5.41 Å². The highest BCUT2D eigenvalue weighted by Crippen LogP contribution is 2.29. The highest BCUT2D eigenvalue weighted by molar-refractivity contribution is 7.99. The molecule has 0 spiro atoms. The molecule has 38 nitrogen and oxygen atoms in total. The average Bonchev–Trinajstić information content (AvgIpc) is 1.65. The number of aliphatic hydroxyl groups excluding tert-OH is 1. The normalized spacial score (nSPS) is 24.4. The lowest BCUT2D eigenvalue weighted by molar-refractivity contribution is -0.148. The summed E-state index contributed by atoms with van der Waals surface area (Å²) < 4.78 is 0. The first kappa shape index (κ1) is 99.7. The van der Waals surface area contributed by atoms with Gasteiger partial charge in [-0.05, 0) is 88.2 Å². The fraction of sp³-hybridized carbons (Fsp3) is 0.696. The van der Waals surface area contributed by atoms with Gasteiger partial charge in [-0.25, -0.2) is 0 Å². The molecule has 4 heterocycles. The van der Waals surface area contributed by atoms with Gasteiger partial charge in [0.15, 0.2) is 5.96 Å². The molecule has 0 aromatic heterocycles. The molecule has 13 atom stereocenters. The summed E-state index contributed by atoms with van der Waals surface area (Å²) in [5.74, 6) is -20.6. The number of guanidine groups is 1. The van der Waals surface area contributed by atoms with Crippen LogP contribution in [0.5, 0.6) is 0 Å². The Bertz CT molecular complexity index is 3650. The number of thioether (sulfide) groups is 2. The third-order valence-corrected chi connectivity index (χ3v) is 23.0. The van der Waals surface area contributed by atoms with E-state index in [2.05, 4.69) is 70.7 Å². The van der Waals surface area contributed by atoms with Crippen molar-refractivity contribution in [2.75, 3.05) is 37.7 Å². The summed E-state index contributed by atoms with van der Waals surface area (Å²) in [5.41, 5.74) is 12.4. The number of amides is 14. The van der Waals surface area contributed by atoms with Gasteiger partial charge >= 0.3 is 17.9 Å². The van der Waals surface area contributed by atoms with Crippen LogP contribution in [0.15, 0.2) is 24.3 Å². The van der Waals surface area contributed by atoms with Crippen LogP contribution in [0.2, 0.25) is 0 Å². The molecule has 664 valence electrons. The summed E-state index contributed by atoms with van der Waals surface area (Å²) in [6.45, 7) is 5.31. The molecule has 40 heteroatoms. The zero-order chi connectivity index (χ0) is 87.7. The number of carbonyl (C=O) groups is 17. The van der Waals surface area contributed by atoms with Crippen LogP contribution in [0.1, 0.15) is 225 Å². The molecule has 4 aliphatic rings. The van der Waals surface area contributed by atoms with E-state index in [4.69, 9.17) is 16.9 Å². The molecule has 2 bridgehead atoms. The van der Waals surface area contributed by atoms with Crippen molar-refractivity contribution in [2.24, 2.45) is 17.4 Å². The number of carbonyl (C=O) groups excluding carboxylic acids is 14. The van der Waals surface area contributed by atoms with Gasteiger partial charge in [-0.2, -0.15) is 23.5 Å². The Balaban J connectivity index is 1.66. The predicted molar refractivity (Wildman–Crippen MR) is 440 cm³/mol. The number of rotatable bonds is 35. The van der Waals surface area contributed by atoms with E-state index in [-0.39, 0.29) is 87.2 Å². The van der Waals surface area contributed by atoms with E-state index in [0.717, 1.165) is 62.6 Å². The smallest absolute Gasteiger partial charge is 0.305 e. The average molecular weight is 1710 g/mol. The van der Waals surface area contributed by atoms with Gasteiger partial charge in [0.25, 0.3) is 0 Å². The van der Waals surface area contributed by atoms with Crippen LogP contribution in [0.3, 0.4) is 0 Å². The van der Waals surface area contributed by atoms with Crippen molar-refractivity contribution >= 4 is 130 Å². The molecular formula is C79H125N17O21S2. The van der Waals surface area contributed by atoms with Crippen molar-refractivity contribution in [1.82, 2.24) is 73.6 Å². The zero-order valence-corrected chi connectivity index (χ0v) is 70.3. The Morgan fingerprint density at radius 3 is 1.50 bits per heavy atom. The Morgan fingerprint density at radius 1 is 0.521 bits per heavy atom. The first-order valence-electron chi connectivity index (χ1n) is 41.5. The first-order chi connectivity index (χ1) is 56.6. The van der Waals surface area contributed by atoms with Crippen LogP contribution in [0.4, 0.5) is 0 Å².